The third-order valence-electron chi connectivity index (χ3n) is 3.81. The quantitative estimate of drug-likeness (QED) is 0.866. The second-order valence-corrected chi connectivity index (χ2v) is 6.40. The van der Waals surface area contributed by atoms with E-state index >= 15 is 0 Å². The standard InChI is InChI=1S/C16H19N3OS/c1-2-19-15(12-8-4-3-5-9-12)17-18-16(19)21-14-11-7-6-10-13(14)20/h3-5,8-9,14H,2,6-7,10-11H2,1H3/t14-/m1/s1. The van der Waals surface area contributed by atoms with Crippen molar-refractivity contribution in [2.45, 2.75) is 49.6 Å². The smallest absolute Gasteiger partial charge is 0.192 e. The average molecular weight is 301 g/mol. The van der Waals surface area contributed by atoms with Gasteiger partial charge in [0.25, 0.3) is 0 Å². The zero-order chi connectivity index (χ0) is 14.7. The molecule has 1 aliphatic rings. The summed E-state index contributed by atoms with van der Waals surface area (Å²) in [6, 6.07) is 10.1. The van der Waals surface area contributed by atoms with Gasteiger partial charge >= 0.3 is 0 Å². The molecule has 0 radical (unpaired) electrons. The monoisotopic (exact) mass is 301 g/mol. The van der Waals surface area contributed by atoms with E-state index in [1.807, 2.05) is 30.3 Å². The molecule has 1 saturated carbocycles. The molecule has 1 aliphatic carbocycles. The van der Waals surface area contributed by atoms with E-state index in [0.29, 0.717) is 12.2 Å². The molecule has 0 aliphatic heterocycles. The van der Waals surface area contributed by atoms with Crippen LogP contribution in [0.5, 0.6) is 0 Å². The molecule has 5 heteroatoms. The molecule has 0 unspecified atom stereocenters. The molecule has 4 nitrogen and oxygen atoms in total. The molecular weight excluding hydrogens is 282 g/mol. The number of carbonyl (C=O) groups is 1. The highest BCUT2D eigenvalue weighted by Gasteiger charge is 2.26. The predicted molar refractivity (Wildman–Crippen MR) is 84.3 cm³/mol. The summed E-state index contributed by atoms with van der Waals surface area (Å²) in [5, 5.41) is 9.55. The number of ketones is 1. The molecule has 0 N–H and O–H groups in total. The van der Waals surface area contributed by atoms with Crippen LogP contribution in [0.2, 0.25) is 0 Å². The Bertz CT molecular complexity index is 624. The summed E-state index contributed by atoms with van der Waals surface area (Å²) in [7, 11) is 0. The number of benzene rings is 1. The van der Waals surface area contributed by atoms with Crippen molar-refractivity contribution in [1.29, 1.82) is 0 Å². The molecule has 1 heterocycles. The summed E-state index contributed by atoms with van der Waals surface area (Å²) in [5.74, 6) is 1.24. The number of thioether (sulfide) groups is 1. The number of hydrogen-bond donors (Lipinski definition) is 0. The highest BCUT2D eigenvalue weighted by Crippen LogP contribution is 2.32. The second-order valence-electron chi connectivity index (χ2n) is 5.24. The lowest BCUT2D eigenvalue weighted by molar-refractivity contribution is -0.119. The Morgan fingerprint density at radius 2 is 2.05 bits per heavy atom. The van der Waals surface area contributed by atoms with Crippen LogP contribution in [-0.2, 0) is 11.3 Å². The SMILES string of the molecule is CCn1c(S[C@@H]2CCCCC2=O)nnc1-c1ccccc1. The largest absolute Gasteiger partial charge is 0.302 e. The Balaban J connectivity index is 1.86. The highest BCUT2D eigenvalue weighted by molar-refractivity contribution is 8.00. The van der Waals surface area contributed by atoms with Crippen molar-refractivity contribution in [3.8, 4) is 11.4 Å². The van der Waals surface area contributed by atoms with E-state index in [-0.39, 0.29) is 5.25 Å². The summed E-state index contributed by atoms with van der Waals surface area (Å²) in [4.78, 5) is 12.0. The number of nitrogens with zero attached hydrogens (tertiary/aromatic N) is 3. The van der Waals surface area contributed by atoms with Gasteiger partial charge in [-0.05, 0) is 19.8 Å². The van der Waals surface area contributed by atoms with E-state index < -0.39 is 0 Å². The lowest BCUT2D eigenvalue weighted by Crippen LogP contribution is -2.21. The van der Waals surface area contributed by atoms with E-state index in [1.165, 1.54) is 0 Å². The molecule has 1 aromatic heterocycles. The van der Waals surface area contributed by atoms with Gasteiger partial charge in [-0.25, -0.2) is 0 Å². The number of carbonyl (C=O) groups excluding carboxylic acids is 1. The Hall–Kier alpha value is -1.62. The van der Waals surface area contributed by atoms with E-state index in [9.17, 15) is 4.79 Å². The fourth-order valence-corrected chi connectivity index (χ4v) is 3.88. The van der Waals surface area contributed by atoms with E-state index in [1.54, 1.807) is 11.8 Å². The zero-order valence-electron chi connectivity index (χ0n) is 12.2. The van der Waals surface area contributed by atoms with Gasteiger partial charge in [0.05, 0.1) is 5.25 Å². The first-order valence-corrected chi connectivity index (χ1v) is 8.35. The van der Waals surface area contributed by atoms with Crippen LogP contribution in [0.25, 0.3) is 11.4 Å². The molecule has 110 valence electrons. The molecule has 0 saturated heterocycles. The lowest BCUT2D eigenvalue weighted by atomic mass is 9.99. The Morgan fingerprint density at radius 1 is 1.24 bits per heavy atom. The number of rotatable bonds is 4. The van der Waals surface area contributed by atoms with Crippen molar-refractivity contribution in [2.24, 2.45) is 0 Å². The van der Waals surface area contributed by atoms with Crippen LogP contribution >= 0.6 is 11.8 Å². The molecule has 2 aromatic rings. The van der Waals surface area contributed by atoms with Gasteiger partial charge in [0.15, 0.2) is 11.0 Å². The number of Topliss-reactive ketones (excluding diaryl/α,β-unsaturated/α-hetero) is 1. The maximum absolute atomic E-state index is 12.0. The van der Waals surface area contributed by atoms with Crippen molar-refractivity contribution in [3.63, 3.8) is 0 Å². The second kappa shape index (κ2) is 6.43. The van der Waals surface area contributed by atoms with Gasteiger partial charge in [-0.15, -0.1) is 10.2 Å². The Labute approximate surface area is 129 Å². The Morgan fingerprint density at radius 3 is 2.76 bits per heavy atom. The molecular formula is C16H19N3OS. The van der Waals surface area contributed by atoms with Gasteiger partial charge in [0.2, 0.25) is 0 Å². The van der Waals surface area contributed by atoms with Crippen molar-refractivity contribution < 1.29 is 4.79 Å². The average Bonchev–Trinajstić information content (AvgIpc) is 2.93. The van der Waals surface area contributed by atoms with Crippen LogP contribution in [0.15, 0.2) is 35.5 Å². The predicted octanol–water partition coefficient (Wildman–Crippen LogP) is 3.57. The van der Waals surface area contributed by atoms with Gasteiger partial charge in [-0.1, -0.05) is 48.5 Å². The normalized spacial score (nSPS) is 18.9. The minimum absolute atomic E-state index is 0.0527. The Kier molecular flexibility index (Phi) is 4.39. The van der Waals surface area contributed by atoms with Crippen LogP contribution < -0.4 is 0 Å². The molecule has 3 rings (SSSR count). The zero-order valence-corrected chi connectivity index (χ0v) is 13.0. The van der Waals surface area contributed by atoms with E-state index in [4.69, 9.17) is 0 Å². The van der Waals surface area contributed by atoms with Crippen molar-refractivity contribution in [3.05, 3.63) is 30.3 Å². The topological polar surface area (TPSA) is 47.8 Å². The molecule has 0 spiro atoms. The fourth-order valence-electron chi connectivity index (χ4n) is 2.66. The number of aromatic nitrogens is 3. The van der Waals surface area contributed by atoms with Gasteiger partial charge < -0.3 is 4.57 Å². The maximum atomic E-state index is 12.0. The van der Waals surface area contributed by atoms with Gasteiger partial charge in [0, 0.05) is 18.5 Å². The summed E-state index contributed by atoms with van der Waals surface area (Å²) in [6.07, 6.45) is 3.84. The van der Waals surface area contributed by atoms with Crippen LogP contribution in [0.3, 0.4) is 0 Å². The van der Waals surface area contributed by atoms with Crippen molar-refractivity contribution >= 4 is 17.5 Å². The van der Waals surface area contributed by atoms with Crippen LogP contribution in [-0.4, -0.2) is 25.8 Å². The van der Waals surface area contributed by atoms with Gasteiger partial charge in [-0.2, -0.15) is 0 Å². The van der Waals surface area contributed by atoms with Crippen molar-refractivity contribution in [2.75, 3.05) is 0 Å². The summed E-state index contributed by atoms with van der Waals surface area (Å²) in [5.41, 5.74) is 1.06. The number of hydrogen-bond acceptors (Lipinski definition) is 4. The van der Waals surface area contributed by atoms with Crippen molar-refractivity contribution in [1.82, 2.24) is 14.8 Å². The molecule has 0 bridgehead atoms. The lowest BCUT2D eigenvalue weighted by Gasteiger charge is -2.19. The third kappa shape index (κ3) is 3.02. The van der Waals surface area contributed by atoms with E-state index in [2.05, 4.69) is 21.7 Å². The molecule has 21 heavy (non-hydrogen) atoms. The first-order chi connectivity index (χ1) is 10.3. The van der Waals surface area contributed by atoms with Crippen LogP contribution in [0.1, 0.15) is 32.6 Å². The minimum atomic E-state index is 0.0527. The summed E-state index contributed by atoms with van der Waals surface area (Å²) in [6.45, 7) is 2.89. The van der Waals surface area contributed by atoms with Crippen LogP contribution in [0, 0.1) is 0 Å². The van der Waals surface area contributed by atoms with Crippen LogP contribution in [0.4, 0.5) is 0 Å². The maximum Gasteiger partial charge on any atom is 0.192 e. The highest BCUT2D eigenvalue weighted by atomic mass is 32.2. The molecule has 1 atom stereocenters. The summed E-state index contributed by atoms with van der Waals surface area (Å²) >= 11 is 1.58. The first kappa shape index (κ1) is 14.3. The summed E-state index contributed by atoms with van der Waals surface area (Å²) < 4.78 is 2.10. The van der Waals surface area contributed by atoms with E-state index in [0.717, 1.165) is 42.4 Å². The molecule has 1 fully saturated rings. The third-order valence-corrected chi connectivity index (χ3v) is 5.11. The first-order valence-electron chi connectivity index (χ1n) is 7.47. The fraction of sp³-hybridized carbons (Fsp3) is 0.438. The van der Waals surface area contributed by atoms with Gasteiger partial charge in [0.1, 0.15) is 5.78 Å². The molecule has 1 aromatic carbocycles. The molecule has 0 amide bonds. The van der Waals surface area contributed by atoms with Gasteiger partial charge in [-0.3, -0.25) is 4.79 Å². The minimum Gasteiger partial charge on any atom is -0.302 e.